The lowest BCUT2D eigenvalue weighted by atomic mass is 9.99. The number of ether oxygens (including phenoxy) is 2. The Labute approximate surface area is 197 Å². The summed E-state index contributed by atoms with van der Waals surface area (Å²) in [6, 6.07) is 10.6. The summed E-state index contributed by atoms with van der Waals surface area (Å²) in [5.41, 5.74) is 1.94. The van der Waals surface area contributed by atoms with Crippen LogP contribution in [0.1, 0.15) is 18.4 Å². The maximum atomic E-state index is 13.3. The third kappa shape index (κ3) is 4.94. The molecular weight excluding hydrogens is 464 g/mol. The van der Waals surface area contributed by atoms with Gasteiger partial charge in [0, 0.05) is 19.6 Å². The van der Waals surface area contributed by atoms with E-state index in [-0.39, 0.29) is 17.3 Å². The third-order valence-electron chi connectivity index (χ3n) is 5.78. The first kappa shape index (κ1) is 23.4. The molecule has 0 aliphatic carbocycles. The largest absolute Gasteiger partial charge is 0.493 e. The van der Waals surface area contributed by atoms with Crippen LogP contribution in [0.2, 0.25) is 0 Å². The molecule has 1 fully saturated rings. The van der Waals surface area contributed by atoms with Gasteiger partial charge in [-0.2, -0.15) is 13.1 Å². The van der Waals surface area contributed by atoms with E-state index in [1.54, 1.807) is 32.4 Å². The first-order valence-electron chi connectivity index (χ1n) is 10.6. The molecule has 9 nitrogen and oxygen atoms in total. The van der Waals surface area contributed by atoms with E-state index in [2.05, 4.69) is 14.1 Å². The number of nitrogens with one attached hydrogen (secondary N) is 1. The quantitative estimate of drug-likeness (QED) is 0.516. The van der Waals surface area contributed by atoms with Crippen LogP contribution in [-0.2, 0) is 21.2 Å². The molecule has 33 heavy (non-hydrogen) atoms. The topological polar surface area (TPSA) is 111 Å². The van der Waals surface area contributed by atoms with Gasteiger partial charge in [0.05, 0.1) is 31.9 Å². The van der Waals surface area contributed by atoms with Crippen LogP contribution in [0.25, 0.3) is 11.0 Å². The molecule has 2 aromatic carbocycles. The second kappa shape index (κ2) is 10.0. The average molecular weight is 491 g/mol. The predicted molar refractivity (Wildman–Crippen MR) is 125 cm³/mol. The lowest BCUT2D eigenvalue weighted by molar-refractivity contribution is -0.126. The summed E-state index contributed by atoms with van der Waals surface area (Å²) in [6.45, 7) is 0.978. The number of hydrogen-bond donors (Lipinski definition) is 1. The number of amides is 1. The highest BCUT2D eigenvalue weighted by atomic mass is 32.2. The number of piperidine rings is 1. The van der Waals surface area contributed by atoms with Gasteiger partial charge >= 0.3 is 0 Å². The molecule has 1 N–H and O–H groups in total. The van der Waals surface area contributed by atoms with E-state index < -0.39 is 15.9 Å². The van der Waals surface area contributed by atoms with E-state index in [0.29, 0.717) is 54.9 Å². The number of nitrogens with zero attached hydrogens (tertiary/aromatic N) is 3. The number of fused-ring (bicyclic) bond motifs is 1. The van der Waals surface area contributed by atoms with Crippen molar-refractivity contribution in [2.45, 2.75) is 24.2 Å². The van der Waals surface area contributed by atoms with Crippen molar-refractivity contribution >= 4 is 38.7 Å². The van der Waals surface area contributed by atoms with Gasteiger partial charge in [0.1, 0.15) is 15.9 Å². The molecule has 2 heterocycles. The number of carbonyl (C=O) groups is 1. The van der Waals surface area contributed by atoms with Crippen molar-refractivity contribution < 1.29 is 22.7 Å². The maximum Gasteiger partial charge on any atom is 0.245 e. The summed E-state index contributed by atoms with van der Waals surface area (Å²) in [5.74, 6) is 0.758. The Balaban J connectivity index is 1.38. The molecule has 1 atom stereocenters. The summed E-state index contributed by atoms with van der Waals surface area (Å²) in [7, 11) is -0.607. The summed E-state index contributed by atoms with van der Waals surface area (Å²) < 4.78 is 46.8. The fourth-order valence-corrected chi connectivity index (χ4v) is 6.29. The van der Waals surface area contributed by atoms with Gasteiger partial charge in [-0.1, -0.05) is 12.1 Å². The Morgan fingerprint density at radius 2 is 2.00 bits per heavy atom. The lowest BCUT2D eigenvalue weighted by Gasteiger charge is -2.31. The van der Waals surface area contributed by atoms with Crippen LogP contribution < -0.4 is 14.8 Å². The summed E-state index contributed by atoms with van der Waals surface area (Å²) in [5, 5.41) is 2.95. The van der Waals surface area contributed by atoms with E-state index in [9.17, 15) is 13.2 Å². The van der Waals surface area contributed by atoms with Crippen LogP contribution in [0, 0.1) is 5.92 Å². The molecule has 0 bridgehead atoms. The van der Waals surface area contributed by atoms with Crippen LogP contribution in [0.3, 0.4) is 0 Å². The fourth-order valence-electron chi connectivity index (χ4n) is 4.01. The Bertz CT molecular complexity index is 1240. The van der Waals surface area contributed by atoms with Crippen molar-refractivity contribution in [3.8, 4) is 11.5 Å². The molecule has 0 unspecified atom stereocenters. The predicted octanol–water partition coefficient (Wildman–Crippen LogP) is 2.47. The average Bonchev–Trinajstić information content (AvgIpc) is 3.33. The van der Waals surface area contributed by atoms with Crippen molar-refractivity contribution in [2.24, 2.45) is 5.92 Å². The van der Waals surface area contributed by atoms with Gasteiger partial charge in [-0.25, -0.2) is 8.42 Å². The first-order valence-corrected chi connectivity index (χ1v) is 12.8. The second-order valence-electron chi connectivity index (χ2n) is 7.82. The Kier molecular flexibility index (Phi) is 7.11. The highest BCUT2D eigenvalue weighted by molar-refractivity contribution is 7.89. The van der Waals surface area contributed by atoms with Gasteiger partial charge in [0.25, 0.3) is 0 Å². The normalized spacial score (nSPS) is 17.1. The Morgan fingerprint density at radius 1 is 1.18 bits per heavy atom. The van der Waals surface area contributed by atoms with E-state index in [1.807, 2.05) is 18.2 Å². The molecule has 0 saturated carbocycles. The van der Waals surface area contributed by atoms with Crippen LogP contribution in [0.5, 0.6) is 11.5 Å². The Hall–Kier alpha value is -2.76. The van der Waals surface area contributed by atoms with E-state index in [4.69, 9.17) is 9.47 Å². The van der Waals surface area contributed by atoms with Crippen molar-refractivity contribution in [3.63, 3.8) is 0 Å². The van der Waals surface area contributed by atoms with E-state index in [1.165, 1.54) is 4.31 Å². The van der Waals surface area contributed by atoms with Crippen molar-refractivity contribution in [1.29, 1.82) is 0 Å². The van der Waals surface area contributed by atoms with Crippen molar-refractivity contribution in [3.05, 3.63) is 42.0 Å². The van der Waals surface area contributed by atoms with Gasteiger partial charge in [-0.05, 0) is 49.1 Å². The van der Waals surface area contributed by atoms with Gasteiger partial charge in [0.15, 0.2) is 11.5 Å². The number of sulfonamides is 1. The van der Waals surface area contributed by atoms with Gasteiger partial charge in [-0.15, -0.1) is 0 Å². The zero-order valence-electron chi connectivity index (χ0n) is 18.5. The molecule has 0 spiro atoms. The number of rotatable bonds is 8. The molecule has 0 radical (unpaired) electrons. The SMILES string of the molecule is COc1ccc(CCNC(=O)[C@@H]2CCCN(S(=O)(=O)c3cccc4nsnc34)C2)cc1OC. The van der Waals surface area contributed by atoms with Crippen LogP contribution in [0.15, 0.2) is 41.3 Å². The molecule has 4 rings (SSSR count). The number of carbonyl (C=O) groups excluding carboxylic acids is 1. The van der Waals surface area contributed by atoms with Crippen LogP contribution >= 0.6 is 11.7 Å². The zero-order valence-corrected chi connectivity index (χ0v) is 20.1. The molecule has 176 valence electrons. The minimum Gasteiger partial charge on any atom is -0.493 e. The molecule has 11 heteroatoms. The van der Waals surface area contributed by atoms with Crippen molar-refractivity contribution in [1.82, 2.24) is 18.4 Å². The van der Waals surface area contributed by atoms with Gasteiger partial charge in [-0.3, -0.25) is 4.79 Å². The molecule has 3 aromatic rings. The van der Waals surface area contributed by atoms with Gasteiger partial charge in [0.2, 0.25) is 15.9 Å². The molecular formula is C22H26N4O5S2. The smallest absolute Gasteiger partial charge is 0.245 e. The first-order chi connectivity index (χ1) is 15.9. The number of benzene rings is 2. The lowest BCUT2D eigenvalue weighted by Crippen LogP contribution is -2.45. The number of aromatic nitrogens is 2. The highest BCUT2D eigenvalue weighted by Gasteiger charge is 2.34. The maximum absolute atomic E-state index is 13.3. The number of methoxy groups -OCH3 is 2. The molecule has 1 amide bonds. The number of hydrogen-bond acceptors (Lipinski definition) is 8. The minimum atomic E-state index is -3.77. The highest BCUT2D eigenvalue weighted by Crippen LogP contribution is 2.29. The van der Waals surface area contributed by atoms with Gasteiger partial charge < -0.3 is 14.8 Å². The second-order valence-corrected chi connectivity index (χ2v) is 10.3. The van der Waals surface area contributed by atoms with E-state index >= 15 is 0 Å². The minimum absolute atomic E-state index is 0.135. The zero-order chi connectivity index (χ0) is 23.4. The monoisotopic (exact) mass is 490 g/mol. The molecule has 1 saturated heterocycles. The van der Waals surface area contributed by atoms with E-state index in [0.717, 1.165) is 17.3 Å². The summed E-state index contributed by atoms with van der Waals surface area (Å²) >= 11 is 0.985. The summed E-state index contributed by atoms with van der Waals surface area (Å²) in [6.07, 6.45) is 1.90. The third-order valence-corrected chi connectivity index (χ3v) is 8.22. The van der Waals surface area contributed by atoms with Crippen molar-refractivity contribution in [2.75, 3.05) is 33.9 Å². The fraction of sp³-hybridized carbons (Fsp3) is 0.409. The Morgan fingerprint density at radius 3 is 2.79 bits per heavy atom. The standard InChI is InChI=1S/C22H26N4O5S2/c1-30-18-9-8-15(13-19(18)31-2)10-11-23-22(27)16-5-4-12-26(14-16)33(28,29)20-7-3-6-17-21(20)25-32-24-17/h3,6-9,13,16H,4-5,10-12,14H2,1-2H3,(H,23,27)/t16-/m1/s1. The molecule has 1 aromatic heterocycles. The summed E-state index contributed by atoms with van der Waals surface area (Å²) in [4.78, 5) is 12.9. The van der Waals surface area contributed by atoms with Crippen LogP contribution in [0.4, 0.5) is 0 Å². The molecule has 1 aliphatic heterocycles. The van der Waals surface area contributed by atoms with Crippen LogP contribution in [-0.4, -0.2) is 61.2 Å². The molecule has 1 aliphatic rings.